The molecule has 166 valence electrons. The number of benzene rings is 2. The van der Waals surface area contributed by atoms with Crippen LogP contribution in [0.3, 0.4) is 0 Å². The molecule has 4 nitrogen and oxygen atoms in total. The molecule has 32 heavy (non-hydrogen) atoms. The van der Waals surface area contributed by atoms with Crippen molar-refractivity contribution < 1.29 is 14.0 Å². The molecule has 0 bridgehead atoms. The molecule has 3 aromatic rings. The number of thiophene rings is 1. The Kier molecular flexibility index (Phi) is 8.90. The maximum atomic E-state index is 13.8. The van der Waals surface area contributed by atoms with Crippen molar-refractivity contribution in [3.05, 3.63) is 98.1 Å². The van der Waals surface area contributed by atoms with Crippen LogP contribution in [0.1, 0.15) is 26.4 Å². The molecule has 2 aromatic carbocycles. The Labute approximate surface area is 199 Å². The number of amides is 2. The molecule has 0 fully saturated rings. The van der Waals surface area contributed by atoms with Gasteiger partial charge >= 0.3 is 0 Å². The summed E-state index contributed by atoms with van der Waals surface area (Å²) < 4.78 is 13.8. The summed E-state index contributed by atoms with van der Waals surface area (Å²) in [7, 11) is 0. The average molecular weight is 489 g/mol. The van der Waals surface area contributed by atoms with Gasteiger partial charge in [-0.25, -0.2) is 4.39 Å². The number of hydrogen-bond acceptors (Lipinski definition) is 4. The highest BCUT2D eigenvalue weighted by molar-refractivity contribution is 7.98. The van der Waals surface area contributed by atoms with Crippen LogP contribution in [0.25, 0.3) is 6.08 Å². The fraction of sp³-hybridized carbons (Fsp3) is 0.167. The summed E-state index contributed by atoms with van der Waals surface area (Å²) in [6.07, 6.45) is 1.65. The van der Waals surface area contributed by atoms with Crippen molar-refractivity contribution >= 4 is 52.6 Å². The zero-order chi connectivity index (χ0) is 22.9. The highest BCUT2D eigenvalue weighted by atomic mass is 35.5. The predicted octanol–water partition coefficient (Wildman–Crippen LogP) is 5.67. The largest absolute Gasteiger partial charge is 0.350 e. The van der Waals surface area contributed by atoms with E-state index < -0.39 is 0 Å². The number of carbonyl (C=O) groups excluding carboxylic acids is 2. The topological polar surface area (TPSA) is 58.2 Å². The van der Waals surface area contributed by atoms with Gasteiger partial charge in [-0.3, -0.25) is 9.59 Å². The van der Waals surface area contributed by atoms with Gasteiger partial charge in [-0.2, -0.15) is 11.8 Å². The Morgan fingerprint density at radius 2 is 1.91 bits per heavy atom. The predicted molar refractivity (Wildman–Crippen MR) is 132 cm³/mol. The summed E-state index contributed by atoms with van der Waals surface area (Å²) in [6, 6.07) is 15.5. The third-order valence-corrected chi connectivity index (χ3v) is 6.64. The quantitative estimate of drug-likeness (QED) is 0.301. The summed E-state index contributed by atoms with van der Waals surface area (Å²) in [5.41, 5.74) is 2.13. The first-order valence-corrected chi connectivity index (χ1v) is 12.3. The first kappa shape index (κ1) is 24.0. The molecule has 1 heterocycles. The van der Waals surface area contributed by atoms with Crippen LogP contribution in [0.5, 0.6) is 0 Å². The smallest absolute Gasteiger partial charge is 0.267 e. The molecule has 0 aliphatic heterocycles. The van der Waals surface area contributed by atoms with Crippen LogP contribution in [0.4, 0.5) is 4.39 Å². The Bertz CT molecular complexity index is 1080. The molecule has 0 saturated heterocycles. The minimum absolute atomic E-state index is 0.167. The van der Waals surface area contributed by atoms with Crippen LogP contribution in [-0.4, -0.2) is 24.1 Å². The Hall–Kier alpha value is -2.61. The van der Waals surface area contributed by atoms with E-state index in [0.29, 0.717) is 34.2 Å². The minimum atomic E-state index is -0.386. The number of aryl methyl sites for hydroxylation is 1. The molecule has 2 amide bonds. The molecule has 0 spiro atoms. The van der Waals surface area contributed by atoms with Crippen LogP contribution in [-0.2, 0) is 10.5 Å². The second-order valence-electron chi connectivity index (χ2n) is 6.90. The second-order valence-corrected chi connectivity index (χ2v) is 9.39. The number of carbonyl (C=O) groups is 2. The highest BCUT2D eigenvalue weighted by Gasteiger charge is 2.15. The molecule has 0 aliphatic carbocycles. The van der Waals surface area contributed by atoms with Crippen molar-refractivity contribution in [3.8, 4) is 0 Å². The molecule has 3 rings (SSSR count). The van der Waals surface area contributed by atoms with Crippen LogP contribution < -0.4 is 10.6 Å². The first-order chi connectivity index (χ1) is 15.4. The molecule has 1 aromatic heterocycles. The lowest BCUT2D eigenvalue weighted by atomic mass is 10.1. The van der Waals surface area contributed by atoms with Crippen molar-refractivity contribution in [1.82, 2.24) is 10.6 Å². The summed E-state index contributed by atoms with van der Waals surface area (Å²) in [6.45, 7) is 2.30. The van der Waals surface area contributed by atoms with E-state index in [1.807, 2.05) is 36.6 Å². The summed E-state index contributed by atoms with van der Waals surface area (Å²) in [4.78, 5) is 26.2. The molecule has 2 N–H and O–H groups in total. The number of halogens is 2. The first-order valence-electron chi connectivity index (χ1n) is 9.86. The summed E-state index contributed by atoms with van der Waals surface area (Å²) >= 11 is 8.97. The maximum Gasteiger partial charge on any atom is 0.267 e. The molecule has 0 unspecified atom stereocenters. The van der Waals surface area contributed by atoms with E-state index in [4.69, 9.17) is 11.6 Å². The van der Waals surface area contributed by atoms with Crippen LogP contribution >= 0.6 is 34.7 Å². The van der Waals surface area contributed by atoms with Gasteiger partial charge in [-0.15, -0.1) is 11.3 Å². The van der Waals surface area contributed by atoms with Gasteiger partial charge in [0, 0.05) is 39.1 Å². The molecular formula is C24H22ClFN2O2S2. The normalized spacial score (nSPS) is 11.3. The SMILES string of the molecule is Cc1ccc(C(=O)N/C(=C\c2cccs2)C(=O)NCCSCc2c(F)cccc2Cl)cc1. The van der Waals surface area contributed by atoms with Crippen LogP contribution in [0.2, 0.25) is 5.02 Å². The lowest BCUT2D eigenvalue weighted by Crippen LogP contribution is -2.35. The van der Waals surface area contributed by atoms with E-state index in [1.54, 1.807) is 30.3 Å². The maximum absolute atomic E-state index is 13.8. The standard InChI is InChI=1S/C24H22ClFN2O2S2/c1-16-7-9-17(10-8-16)23(29)28-22(14-18-4-3-12-32-18)24(30)27-11-13-31-15-19-20(25)5-2-6-21(19)26/h2-10,12,14H,11,13,15H2,1H3,(H,27,30)(H,28,29)/b22-14-. The van der Waals surface area contributed by atoms with Gasteiger partial charge in [0.2, 0.25) is 0 Å². The van der Waals surface area contributed by atoms with Crippen LogP contribution in [0, 0.1) is 12.7 Å². The monoisotopic (exact) mass is 488 g/mol. The fourth-order valence-corrected chi connectivity index (χ4v) is 4.60. The summed E-state index contributed by atoms with van der Waals surface area (Å²) in [5.74, 6) is -0.109. The Balaban J connectivity index is 1.58. The van der Waals surface area contributed by atoms with Gasteiger partial charge in [0.05, 0.1) is 0 Å². The number of thioether (sulfide) groups is 1. The van der Waals surface area contributed by atoms with Gasteiger partial charge in [-0.05, 0) is 48.7 Å². The van der Waals surface area contributed by atoms with Gasteiger partial charge in [0.1, 0.15) is 11.5 Å². The Morgan fingerprint density at radius 3 is 2.59 bits per heavy atom. The third kappa shape index (κ3) is 6.95. The number of nitrogens with one attached hydrogen (secondary N) is 2. The van der Waals surface area contributed by atoms with E-state index in [1.165, 1.54) is 29.2 Å². The Morgan fingerprint density at radius 1 is 1.12 bits per heavy atom. The van der Waals surface area contributed by atoms with E-state index in [9.17, 15) is 14.0 Å². The molecule has 0 aliphatic rings. The van der Waals surface area contributed by atoms with Crippen molar-refractivity contribution in [2.24, 2.45) is 0 Å². The number of hydrogen-bond donors (Lipinski definition) is 2. The second kappa shape index (κ2) is 11.9. The van der Waals surface area contributed by atoms with E-state index in [0.717, 1.165) is 10.4 Å². The van der Waals surface area contributed by atoms with Gasteiger partial charge in [0.15, 0.2) is 0 Å². The highest BCUT2D eigenvalue weighted by Crippen LogP contribution is 2.23. The molecule has 0 atom stereocenters. The van der Waals surface area contributed by atoms with Crippen LogP contribution in [0.15, 0.2) is 65.7 Å². The molecule has 8 heteroatoms. The zero-order valence-corrected chi connectivity index (χ0v) is 19.8. The lowest BCUT2D eigenvalue weighted by molar-refractivity contribution is -0.117. The molecule has 0 saturated carbocycles. The van der Waals surface area contributed by atoms with E-state index >= 15 is 0 Å². The minimum Gasteiger partial charge on any atom is -0.350 e. The van der Waals surface area contributed by atoms with E-state index in [2.05, 4.69) is 10.6 Å². The molecule has 0 radical (unpaired) electrons. The lowest BCUT2D eigenvalue weighted by Gasteiger charge is -2.11. The number of rotatable bonds is 9. The van der Waals surface area contributed by atoms with Crippen molar-refractivity contribution in [1.29, 1.82) is 0 Å². The third-order valence-electron chi connectivity index (χ3n) is 4.48. The van der Waals surface area contributed by atoms with E-state index in [-0.39, 0.29) is 23.3 Å². The van der Waals surface area contributed by atoms with Gasteiger partial charge in [0.25, 0.3) is 11.8 Å². The average Bonchev–Trinajstić information content (AvgIpc) is 3.28. The van der Waals surface area contributed by atoms with Crippen molar-refractivity contribution in [2.75, 3.05) is 12.3 Å². The fourth-order valence-electron chi connectivity index (χ4n) is 2.75. The summed E-state index contributed by atoms with van der Waals surface area (Å²) in [5, 5.41) is 7.81. The van der Waals surface area contributed by atoms with Gasteiger partial charge < -0.3 is 10.6 Å². The zero-order valence-electron chi connectivity index (χ0n) is 17.4. The molecular weight excluding hydrogens is 467 g/mol. The van der Waals surface area contributed by atoms with Gasteiger partial charge in [-0.1, -0.05) is 41.4 Å². The van der Waals surface area contributed by atoms with Crippen molar-refractivity contribution in [2.45, 2.75) is 12.7 Å². The van der Waals surface area contributed by atoms with Crippen molar-refractivity contribution in [3.63, 3.8) is 0 Å².